The van der Waals surface area contributed by atoms with E-state index in [2.05, 4.69) is 10.8 Å². The molecule has 1 aromatic carbocycles. The van der Waals surface area contributed by atoms with Crippen molar-refractivity contribution in [1.29, 1.82) is 0 Å². The predicted molar refractivity (Wildman–Crippen MR) is 81.9 cm³/mol. The number of nitrogens with zero attached hydrogens (tertiary/aromatic N) is 2. The highest BCUT2D eigenvalue weighted by molar-refractivity contribution is 6.31. The minimum Gasteiger partial charge on any atom is -0.349 e. The average Bonchev–Trinajstić information content (AvgIpc) is 2.92. The number of hydroxylamine groups is 3. The van der Waals surface area contributed by atoms with E-state index in [1.807, 2.05) is 13.0 Å². The van der Waals surface area contributed by atoms with E-state index in [9.17, 15) is 10.1 Å². The predicted octanol–water partition coefficient (Wildman–Crippen LogP) is 3.24. The fourth-order valence-electron chi connectivity index (χ4n) is 2.11. The van der Waals surface area contributed by atoms with Crippen molar-refractivity contribution in [2.45, 2.75) is 6.92 Å². The van der Waals surface area contributed by atoms with Crippen molar-refractivity contribution < 1.29 is 9.86 Å². The molecule has 3 rings (SSSR count). The summed E-state index contributed by atoms with van der Waals surface area (Å²) in [5.74, 6) is 0. The summed E-state index contributed by atoms with van der Waals surface area (Å²) in [7, 11) is 0. The van der Waals surface area contributed by atoms with Crippen LogP contribution in [0.25, 0.3) is 0 Å². The number of nitrogens with one attached hydrogen (secondary N) is 2. The highest BCUT2D eigenvalue weighted by atomic mass is 35.5. The summed E-state index contributed by atoms with van der Waals surface area (Å²) in [5.41, 5.74) is 4.28. The third-order valence-electron chi connectivity index (χ3n) is 3.17. The fourth-order valence-corrected chi connectivity index (χ4v) is 2.52. The molecule has 2 heterocycles. The van der Waals surface area contributed by atoms with E-state index < -0.39 is 4.92 Å². The Balaban J connectivity index is 2.08. The minimum absolute atomic E-state index is 0.159. The lowest BCUT2D eigenvalue weighted by atomic mass is 10.1. The molecule has 2 N–H and O–H groups in total. The number of halogens is 2. The van der Waals surface area contributed by atoms with Crippen molar-refractivity contribution in [2.24, 2.45) is 0 Å². The van der Waals surface area contributed by atoms with Crippen molar-refractivity contribution in [3.8, 4) is 0 Å². The molecule has 0 atom stereocenters. The first-order chi connectivity index (χ1) is 10.5. The molecule has 0 aromatic heterocycles. The van der Waals surface area contributed by atoms with Gasteiger partial charge in [-0.25, -0.2) is 5.48 Å². The molecule has 0 radical (unpaired) electrons. The van der Waals surface area contributed by atoms with Crippen molar-refractivity contribution >= 4 is 28.9 Å². The Labute approximate surface area is 135 Å². The molecule has 1 aromatic rings. The zero-order valence-electron chi connectivity index (χ0n) is 11.3. The highest BCUT2D eigenvalue weighted by Gasteiger charge is 2.37. The van der Waals surface area contributed by atoms with Gasteiger partial charge in [-0.2, -0.15) is 5.06 Å². The van der Waals surface area contributed by atoms with E-state index in [0.717, 1.165) is 10.6 Å². The first-order valence-electron chi connectivity index (χ1n) is 6.19. The summed E-state index contributed by atoms with van der Waals surface area (Å²) in [5, 5.41) is 16.3. The third-order valence-corrected chi connectivity index (χ3v) is 3.66. The smallest absolute Gasteiger partial charge is 0.320 e. The SMILES string of the molecule is Cc1ccc(Cl)cc1NC1=C([N+](=O)[O-])C2=CNON2C(Cl)=C1. The van der Waals surface area contributed by atoms with E-state index in [0.29, 0.717) is 10.7 Å². The van der Waals surface area contributed by atoms with Crippen LogP contribution in [-0.2, 0) is 4.94 Å². The standard InChI is InChI=1S/C13H10Cl2N4O3/c1-7-2-3-8(14)4-9(7)17-10-5-12(15)18-11(6-16-22-18)13(10)19(20)21/h2-6,16-17H,1H3. The van der Waals surface area contributed by atoms with Crippen molar-refractivity contribution in [3.63, 3.8) is 0 Å². The average molecular weight is 341 g/mol. The van der Waals surface area contributed by atoms with Crippen LogP contribution in [0.3, 0.4) is 0 Å². The summed E-state index contributed by atoms with van der Waals surface area (Å²) >= 11 is 12.0. The summed E-state index contributed by atoms with van der Waals surface area (Å²) in [6, 6.07) is 5.25. The van der Waals surface area contributed by atoms with Crippen LogP contribution >= 0.6 is 23.2 Å². The van der Waals surface area contributed by atoms with E-state index in [4.69, 9.17) is 28.1 Å². The van der Waals surface area contributed by atoms with Crippen LogP contribution < -0.4 is 10.8 Å². The Bertz CT molecular complexity index is 758. The van der Waals surface area contributed by atoms with Gasteiger partial charge >= 0.3 is 5.70 Å². The molecule has 0 fully saturated rings. The lowest BCUT2D eigenvalue weighted by Crippen LogP contribution is -2.26. The molecule has 2 aliphatic rings. The normalized spacial score (nSPS) is 16.8. The van der Waals surface area contributed by atoms with Crippen molar-refractivity contribution in [3.05, 3.63) is 73.4 Å². The van der Waals surface area contributed by atoms with Gasteiger partial charge in [0.2, 0.25) is 0 Å². The van der Waals surface area contributed by atoms with Crippen LogP contribution in [0.15, 0.2) is 52.7 Å². The molecule has 0 saturated heterocycles. The number of hydrogen-bond acceptors (Lipinski definition) is 6. The van der Waals surface area contributed by atoms with E-state index in [-0.39, 0.29) is 22.2 Å². The number of rotatable bonds is 3. The second-order valence-electron chi connectivity index (χ2n) is 4.60. The zero-order valence-corrected chi connectivity index (χ0v) is 12.8. The van der Waals surface area contributed by atoms with Gasteiger partial charge in [0.1, 0.15) is 10.9 Å². The number of allylic oxidation sites excluding steroid dienone is 1. The molecule has 7 nitrogen and oxygen atoms in total. The molecule has 0 amide bonds. The topological polar surface area (TPSA) is 79.7 Å². The number of aryl methyl sites for hydroxylation is 1. The van der Waals surface area contributed by atoms with Crippen molar-refractivity contribution in [1.82, 2.24) is 10.5 Å². The number of nitro groups is 1. The van der Waals surface area contributed by atoms with Crippen LogP contribution in [0.2, 0.25) is 5.02 Å². The Kier molecular flexibility index (Phi) is 3.69. The van der Waals surface area contributed by atoms with Gasteiger partial charge < -0.3 is 5.32 Å². The second kappa shape index (κ2) is 5.53. The van der Waals surface area contributed by atoms with Crippen LogP contribution in [0.5, 0.6) is 0 Å². The first-order valence-corrected chi connectivity index (χ1v) is 6.95. The summed E-state index contributed by atoms with van der Waals surface area (Å²) in [6.45, 7) is 1.87. The molecular formula is C13H10Cl2N4O3. The monoisotopic (exact) mass is 340 g/mol. The van der Waals surface area contributed by atoms with Gasteiger partial charge in [0, 0.05) is 16.8 Å². The molecular weight excluding hydrogens is 331 g/mol. The Morgan fingerprint density at radius 1 is 1.41 bits per heavy atom. The molecule has 0 unspecified atom stereocenters. The highest BCUT2D eigenvalue weighted by Crippen LogP contribution is 2.35. The molecule has 0 aliphatic carbocycles. The Hall–Kier alpha value is -2.22. The molecule has 114 valence electrons. The number of benzene rings is 1. The van der Waals surface area contributed by atoms with Gasteiger partial charge in [-0.1, -0.05) is 29.3 Å². The van der Waals surface area contributed by atoms with Gasteiger partial charge in [0.15, 0.2) is 5.70 Å². The maximum absolute atomic E-state index is 11.4. The van der Waals surface area contributed by atoms with Crippen LogP contribution in [-0.4, -0.2) is 9.99 Å². The molecule has 2 aliphatic heterocycles. The Morgan fingerprint density at radius 3 is 2.91 bits per heavy atom. The molecule has 22 heavy (non-hydrogen) atoms. The zero-order chi connectivity index (χ0) is 15.9. The van der Waals surface area contributed by atoms with Gasteiger partial charge in [-0.05, 0) is 24.6 Å². The van der Waals surface area contributed by atoms with Crippen LogP contribution in [0.1, 0.15) is 5.56 Å². The van der Waals surface area contributed by atoms with E-state index in [1.54, 1.807) is 12.1 Å². The van der Waals surface area contributed by atoms with Crippen LogP contribution in [0.4, 0.5) is 5.69 Å². The maximum atomic E-state index is 11.4. The van der Waals surface area contributed by atoms with Gasteiger partial charge in [-0.3, -0.25) is 10.1 Å². The van der Waals surface area contributed by atoms with E-state index in [1.165, 1.54) is 12.3 Å². The molecule has 9 heteroatoms. The molecule has 0 bridgehead atoms. The summed E-state index contributed by atoms with van der Waals surface area (Å²) in [4.78, 5) is 15.9. The van der Waals surface area contributed by atoms with Crippen LogP contribution in [0, 0.1) is 17.0 Å². The lowest BCUT2D eigenvalue weighted by Gasteiger charge is -2.22. The second-order valence-corrected chi connectivity index (χ2v) is 5.43. The summed E-state index contributed by atoms with van der Waals surface area (Å²) < 4.78 is 0. The quantitative estimate of drug-likeness (QED) is 0.499. The number of hydrogen-bond donors (Lipinski definition) is 2. The lowest BCUT2D eigenvalue weighted by molar-refractivity contribution is -0.425. The number of fused-ring (bicyclic) bond motifs is 1. The third kappa shape index (κ3) is 2.50. The minimum atomic E-state index is -0.503. The Morgan fingerprint density at radius 2 is 2.18 bits per heavy atom. The van der Waals surface area contributed by atoms with Crippen molar-refractivity contribution in [2.75, 3.05) is 5.32 Å². The summed E-state index contributed by atoms with van der Waals surface area (Å²) in [6.07, 6.45) is 2.78. The number of anilines is 1. The maximum Gasteiger partial charge on any atom is 0.320 e. The fraction of sp³-hybridized carbons (Fsp3) is 0.0769. The van der Waals surface area contributed by atoms with Gasteiger partial charge in [0.05, 0.1) is 11.1 Å². The van der Waals surface area contributed by atoms with E-state index >= 15 is 0 Å². The van der Waals surface area contributed by atoms with Gasteiger partial charge in [0.25, 0.3) is 0 Å². The largest absolute Gasteiger partial charge is 0.349 e. The molecule has 0 spiro atoms. The first kappa shape index (κ1) is 14.7. The van der Waals surface area contributed by atoms with Gasteiger partial charge in [-0.15, -0.1) is 4.94 Å². The molecule has 0 saturated carbocycles.